The van der Waals surface area contributed by atoms with Crippen molar-refractivity contribution in [1.82, 2.24) is 10.3 Å². The second kappa shape index (κ2) is 6.57. The van der Waals surface area contributed by atoms with Crippen molar-refractivity contribution < 1.29 is 4.74 Å². The summed E-state index contributed by atoms with van der Waals surface area (Å²) < 4.78 is 5.51. The van der Waals surface area contributed by atoms with Crippen molar-refractivity contribution in [2.75, 3.05) is 13.2 Å². The summed E-state index contributed by atoms with van der Waals surface area (Å²) in [5, 5.41) is 5.17. The molecular formula is C23H26N2O. The van der Waals surface area contributed by atoms with Gasteiger partial charge in [0, 0.05) is 35.9 Å². The summed E-state index contributed by atoms with van der Waals surface area (Å²) in [6, 6.07) is 18.7. The molecule has 0 saturated carbocycles. The van der Waals surface area contributed by atoms with Gasteiger partial charge in [0.2, 0.25) is 0 Å². The van der Waals surface area contributed by atoms with E-state index in [1.54, 1.807) is 0 Å². The van der Waals surface area contributed by atoms with Gasteiger partial charge in [-0.3, -0.25) is 0 Å². The molecule has 3 nitrogen and oxygen atoms in total. The lowest BCUT2D eigenvalue weighted by molar-refractivity contribution is 0.0853. The number of aromatic nitrogens is 1. The van der Waals surface area contributed by atoms with E-state index in [1.165, 1.54) is 33.3 Å². The summed E-state index contributed by atoms with van der Waals surface area (Å²) in [7, 11) is 0. The Labute approximate surface area is 154 Å². The van der Waals surface area contributed by atoms with Gasteiger partial charge in [0.05, 0.1) is 6.04 Å². The van der Waals surface area contributed by atoms with Crippen LogP contribution in [0.4, 0.5) is 0 Å². The summed E-state index contributed by atoms with van der Waals surface area (Å²) in [5.74, 6) is 0.652. The maximum atomic E-state index is 5.51. The van der Waals surface area contributed by atoms with E-state index < -0.39 is 0 Å². The minimum atomic E-state index is 0.241. The molecule has 0 spiro atoms. The van der Waals surface area contributed by atoms with E-state index >= 15 is 0 Å². The maximum Gasteiger partial charge on any atom is 0.0734 e. The van der Waals surface area contributed by atoms with Gasteiger partial charge in [-0.25, -0.2) is 0 Å². The van der Waals surface area contributed by atoms with E-state index in [4.69, 9.17) is 4.74 Å². The Morgan fingerprint density at radius 3 is 2.46 bits per heavy atom. The molecule has 3 aromatic rings. The Kier molecular flexibility index (Phi) is 4.07. The summed E-state index contributed by atoms with van der Waals surface area (Å²) in [6.07, 6.45) is 3.37. The van der Waals surface area contributed by atoms with Crippen LogP contribution in [0, 0.1) is 0 Å². The maximum absolute atomic E-state index is 5.51. The highest BCUT2D eigenvalue weighted by Crippen LogP contribution is 2.36. The number of hydrogen-bond donors (Lipinski definition) is 2. The number of para-hydroxylation sites is 1. The summed E-state index contributed by atoms with van der Waals surface area (Å²) >= 11 is 0. The van der Waals surface area contributed by atoms with Crippen LogP contribution in [0.25, 0.3) is 10.9 Å². The van der Waals surface area contributed by atoms with Crippen LogP contribution in [-0.4, -0.2) is 24.2 Å². The molecule has 3 heterocycles. The third-order valence-electron chi connectivity index (χ3n) is 6.06. The van der Waals surface area contributed by atoms with Crippen molar-refractivity contribution in [2.45, 2.75) is 44.2 Å². The monoisotopic (exact) mass is 346 g/mol. The van der Waals surface area contributed by atoms with Gasteiger partial charge in [0.1, 0.15) is 0 Å². The number of nitrogens with one attached hydrogen (secondary N) is 2. The van der Waals surface area contributed by atoms with Gasteiger partial charge in [-0.15, -0.1) is 0 Å². The first-order valence-electron chi connectivity index (χ1n) is 9.83. The molecule has 2 aliphatic rings. The van der Waals surface area contributed by atoms with Crippen LogP contribution < -0.4 is 5.32 Å². The number of H-pyrrole nitrogens is 1. The minimum absolute atomic E-state index is 0.241. The van der Waals surface area contributed by atoms with Crippen molar-refractivity contribution >= 4 is 10.9 Å². The first-order valence-corrected chi connectivity index (χ1v) is 9.83. The standard InChI is InChI=1S/C23H26N2O/c1-15-14-20-19-4-2-3-5-21(19)25-23(20)22(24-15)18-8-6-16(7-9-18)17-10-12-26-13-11-17/h2-9,15,17,22,24-25H,10-14H2,1H3/t15-,22-/m0/s1. The van der Waals surface area contributed by atoms with Crippen LogP contribution in [0.15, 0.2) is 48.5 Å². The summed E-state index contributed by atoms with van der Waals surface area (Å²) in [4.78, 5) is 3.68. The second-order valence-electron chi connectivity index (χ2n) is 7.82. The van der Waals surface area contributed by atoms with Crippen LogP contribution in [-0.2, 0) is 11.2 Å². The summed E-state index contributed by atoms with van der Waals surface area (Å²) in [6.45, 7) is 4.08. The third-order valence-corrected chi connectivity index (χ3v) is 6.06. The highest BCUT2D eigenvalue weighted by molar-refractivity contribution is 5.85. The zero-order valence-electron chi connectivity index (χ0n) is 15.3. The van der Waals surface area contributed by atoms with Crippen molar-refractivity contribution in [1.29, 1.82) is 0 Å². The van der Waals surface area contributed by atoms with Crippen molar-refractivity contribution in [3.8, 4) is 0 Å². The van der Waals surface area contributed by atoms with Crippen LogP contribution in [0.3, 0.4) is 0 Å². The Balaban J connectivity index is 1.50. The first kappa shape index (κ1) is 16.1. The van der Waals surface area contributed by atoms with Gasteiger partial charge < -0.3 is 15.0 Å². The normalized spacial score (nSPS) is 23.9. The van der Waals surface area contributed by atoms with Gasteiger partial charge in [0.15, 0.2) is 0 Å². The molecule has 0 aliphatic carbocycles. The lowest BCUT2D eigenvalue weighted by Crippen LogP contribution is -2.37. The summed E-state index contributed by atoms with van der Waals surface area (Å²) in [5.41, 5.74) is 6.86. The molecular weight excluding hydrogens is 320 g/mol. The van der Waals surface area contributed by atoms with E-state index in [9.17, 15) is 0 Å². The van der Waals surface area contributed by atoms with E-state index in [-0.39, 0.29) is 6.04 Å². The average Bonchev–Trinajstić information content (AvgIpc) is 3.07. The van der Waals surface area contributed by atoms with Gasteiger partial charge in [0.25, 0.3) is 0 Å². The molecule has 0 amide bonds. The Morgan fingerprint density at radius 2 is 1.65 bits per heavy atom. The molecule has 1 saturated heterocycles. The zero-order chi connectivity index (χ0) is 17.5. The minimum Gasteiger partial charge on any atom is -0.381 e. The molecule has 2 N–H and O–H groups in total. The zero-order valence-corrected chi connectivity index (χ0v) is 15.3. The molecule has 1 aromatic heterocycles. The van der Waals surface area contributed by atoms with Crippen LogP contribution >= 0.6 is 0 Å². The molecule has 2 atom stereocenters. The molecule has 2 aliphatic heterocycles. The predicted octanol–water partition coefficient (Wildman–Crippen LogP) is 4.69. The molecule has 26 heavy (non-hydrogen) atoms. The van der Waals surface area contributed by atoms with Gasteiger partial charge in [-0.1, -0.05) is 42.5 Å². The third kappa shape index (κ3) is 2.76. The molecule has 5 rings (SSSR count). The lowest BCUT2D eigenvalue weighted by atomic mass is 9.88. The topological polar surface area (TPSA) is 37.0 Å². The molecule has 3 heteroatoms. The van der Waals surface area contributed by atoms with Gasteiger partial charge in [-0.05, 0) is 54.9 Å². The number of fused-ring (bicyclic) bond motifs is 3. The van der Waals surface area contributed by atoms with Gasteiger partial charge >= 0.3 is 0 Å². The lowest BCUT2D eigenvalue weighted by Gasteiger charge is -2.30. The second-order valence-corrected chi connectivity index (χ2v) is 7.82. The van der Waals surface area contributed by atoms with E-state index in [2.05, 4.69) is 65.8 Å². The Morgan fingerprint density at radius 1 is 0.923 bits per heavy atom. The molecule has 2 aromatic carbocycles. The molecule has 0 radical (unpaired) electrons. The Hall–Kier alpha value is -2.10. The smallest absolute Gasteiger partial charge is 0.0734 e. The number of rotatable bonds is 2. The average molecular weight is 346 g/mol. The van der Waals surface area contributed by atoms with Crippen molar-refractivity contribution in [3.63, 3.8) is 0 Å². The largest absolute Gasteiger partial charge is 0.381 e. The molecule has 0 bridgehead atoms. The SMILES string of the molecule is C[C@H]1Cc2c([nH]c3ccccc23)[C@H](c2ccc(C3CCOCC3)cc2)N1. The number of ether oxygens (including phenoxy) is 1. The highest BCUT2D eigenvalue weighted by Gasteiger charge is 2.28. The van der Waals surface area contributed by atoms with Gasteiger partial charge in [-0.2, -0.15) is 0 Å². The molecule has 134 valence electrons. The van der Waals surface area contributed by atoms with E-state index in [1.807, 2.05) is 0 Å². The fourth-order valence-corrected chi connectivity index (χ4v) is 4.67. The molecule has 0 unspecified atom stereocenters. The van der Waals surface area contributed by atoms with E-state index in [0.29, 0.717) is 12.0 Å². The Bertz CT molecular complexity index is 906. The fourth-order valence-electron chi connectivity index (χ4n) is 4.67. The van der Waals surface area contributed by atoms with Crippen LogP contribution in [0.1, 0.15) is 54.1 Å². The predicted molar refractivity (Wildman–Crippen MR) is 106 cm³/mol. The fraction of sp³-hybridized carbons (Fsp3) is 0.391. The van der Waals surface area contributed by atoms with Crippen molar-refractivity contribution in [2.24, 2.45) is 0 Å². The molecule has 1 fully saturated rings. The number of aromatic amines is 1. The van der Waals surface area contributed by atoms with E-state index in [0.717, 1.165) is 32.5 Å². The first-order chi connectivity index (χ1) is 12.8. The highest BCUT2D eigenvalue weighted by atomic mass is 16.5. The quantitative estimate of drug-likeness (QED) is 0.706. The van der Waals surface area contributed by atoms with Crippen LogP contribution in [0.2, 0.25) is 0 Å². The van der Waals surface area contributed by atoms with Crippen LogP contribution in [0.5, 0.6) is 0 Å². The van der Waals surface area contributed by atoms with Crippen molar-refractivity contribution in [3.05, 3.63) is 70.9 Å². The number of hydrogen-bond acceptors (Lipinski definition) is 2. The number of benzene rings is 2.